The van der Waals surface area contributed by atoms with Crippen LogP contribution in [0.3, 0.4) is 0 Å². The van der Waals surface area contributed by atoms with E-state index in [0.29, 0.717) is 0 Å². The number of benzene rings is 1. The van der Waals surface area contributed by atoms with Crippen molar-refractivity contribution in [1.82, 2.24) is 4.90 Å². The SMILES string of the molecule is CCCCCCCCOc1ccc(CC(C=O)N(C)C)cc1. The Morgan fingerprint density at radius 1 is 1.05 bits per heavy atom. The van der Waals surface area contributed by atoms with Crippen molar-refractivity contribution in [2.75, 3.05) is 20.7 Å². The molecule has 0 aliphatic carbocycles. The van der Waals surface area contributed by atoms with Crippen molar-refractivity contribution in [1.29, 1.82) is 0 Å². The molecule has 0 saturated heterocycles. The van der Waals surface area contributed by atoms with E-state index in [-0.39, 0.29) is 6.04 Å². The summed E-state index contributed by atoms with van der Waals surface area (Å²) in [5.74, 6) is 0.921. The zero-order valence-corrected chi connectivity index (χ0v) is 14.4. The number of ether oxygens (including phenoxy) is 1. The first-order valence-electron chi connectivity index (χ1n) is 8.50. The van der Waals surface area contributed by atoms with Crippen LogP contribution in [0.4, 0.5) is 0 Å². The van der Waals surface area contributed by atoms with Crippen LogP contribution >= 0.6 is 0 Å². The van der Waals surface area contributed by atoms with E-state index in [9.17, 15) is 4.79 Å². The van der Waals surface area contributed by atoms with E-state index in [0.717, 1.165) is 37.0 Å². The summed E-state index contributed by atoms with van der Waals surface area (Å²) in [7, 11) is 3.86. The molecule has 0 N–H and O–H groups in total. The minimum Gasteiger partial charge on any atom is -0.494 e. The van der Waals surface area contributed by atoms with E-state index >= 15 is 0 Å². The standard InChI is InChI=1S/C19H31NO2/c1-4-5-6-7-8-9-14-22-19-12-10-17(11-13-19)15-18(16-21)20(2)3/h10-13,16,18H,4-9,14-15H2,1-3H3. The highest BCUT2D eigenvalue weighted by molar-refractivity contribution is 5.58. The molecule has 1 unspecified atom stereocenters. The predicted molar refractivity (Wildman–Crippen MR) is 92.6 cm³/mol. The molecule has 0 saturated carbocycles. The Labute approximate surface area is 135 Å². The van der Waals surface area contributed by atoms with Gasteiger partial charge in [0.2, 0.25) is 0 Å². The van der Waals surface area contributed by atoms with Crippen LogP contribution in [-0.2, 0) is 11.2 Å². The number of hydrogen-bond donors (Lipinski definition) is 0. The molecule has 0 spiro atoms. The van der Waals surface area contributed by atoms with Gasteiger partial charge in [-0.05, 0) is 44.6 Å². The summed E-state index contributed by atoms with van der Waals surface area (Å²) < 4.78 is 5.77. The summed E-state index contributed by atoms with van der Waals surface area (Å²) >= 11 is 0. The lowest BCUT2D eigenvalue weighted by molar-refractivity contribution is -0.111. The van der Waals surface area contributed by atoms with Gasteiger partial charge in [0.1, 0.15) is 12.0 Å². The molecule has 3 heteroatoms. The van der Waals surface area contributed by atoms with E-state index in [1.807, 2.05) is 31.1 Å². The van der Waals surface area contributed by atoms with Crippen LogP contribution in [0.1, 0.15) is 51.0 Å². The quantitative estimate of drug-likeness (QED) is 0.430. The second kappa shape index (κ2) is 11.2. The van der Waals surface area contributed by atoms with Gasteiger partial charge in [0.05, 0.1) is 12.6 Å². The molecule has 0 aliphatic rings. The summed E-state index contributed by atoms with van der Waals surface area (Å²) in [5, 5.41) is 0. The van der Waals surface area contributed by atoms with Gasteiger partial charge >= 0.3 is 0 Å². The molecular formula is C19H31NO2. The third kappa shape index (κ3) is 7.60. The molecule has 0 radical (unpaired) electrons. The Hall–Kier alpha value is -1.35. The third-order valence-electron chi connectivity index (χ3n) is 3.96. The van der Waals surface area contributed by atoms with E-state index < -0.39 is 0 Å². The summed E-state index contributed by atoms with van der Waals surface area (Å²) in [5.41, 5.74) is 1.16. The average Bonchev–Trinajstić information content (AvgIpc) is 2.52. The van der Waals surface area contributed by atoms with Crippen LogP contribution in [0, 0.1) is 0 Å². The largest absolute Gasteiger partial charge is 0.494 e. The third-order valence-corrected chi connectivity index (χ3v) is 3.96. The van der Waals surface area contributed by atoms with Crippen molar-refractivity contribution in [3.8, 4) is 5.75 Å². The fourth-order valence-corrected chi connectivity index (χ4v) is 2.39. The van der Waals surface area contributed by atoms with Gasteiger partial charge in [0, 0.05) is 0 Å². The van der Waals surface area contributed by atoms with Crippen LogP contribution in [-0.4, -0.2) is 37.9 Å². The minimum atomic E-state index is -0.0603. The first-order valence-corrected chi connectivity index (χ1v) is 8.50. The molecule has 1 aromatic carbocycles. The minimum absolute atomic E-state index is 0.0603. The van der Waals surface area contributed by atoms with Crippen molar-refractivity contribution in [2.24, 2.45) is 0 Å². The van der Waals surface area contributed by atoms with Gasteiger partial charge in [-0.25, -0.2) is 0 Å². The van der Waals surface area contributed by atoms with Crippen LogP contribution in [0.15, 0.2) is 24.3 Å². The van der Waals surface area contributed by atoms with Crippen LogP contribution in [0.2, 0.25) is 0 Å². The summed E-state index contributed by atoms with van der Waals surface area (Å²) in [6.45, 7) is 3.03. The Bertz CT molecular complexity index is 400. The predicted octanol–water partition coefficient (Wildman–Crippen LogP) is 4.10. The number of carbonyl (C=O) groups excluding carboxylic acids is 1. The van der Waals surface area contributed by atoms with E-state index in [1.54, 1.807) is 0 Å². The van der Waals surface area contributed by atoms with Crippen LogP contribution < -0.4 is 4.74 Å². The maximum absolute atomic E-state index is 11.0. The number of aldehydes is 1. The molecule has 1 atom stereocenters. The molecule has 0 bridgehead atoms. The molecule has 0 aromatic heterocycles. The maximum atomic E-state index is 11.0. The van der Waals surface area contributed by atoms with Crippen molar-refractivity contribution >= 4 is 6.29 Å². The molecule has 124 valence electrons. The van der Waals surface area contributed by atoms with Gasteiger partial charge < -0.3 is 9.53 Å². The Morgan fingerprint density at radius 3 is 2.27 bits per heavy atom. The second-order valence-corrected chi connectivity index (χ2v) is 6.13. The maximum Gasteiger partial charge on any atom is 0.137 e. The Morgan fingerprint density at radius 2 is 1.68 bits per heavy atom. The number of carbonyl (C=O) groups is 1. The highest BCUT2D eigenvalue weighted by Gasteiger charge is 2.10. The molecule has 0 heterocycles. The topological polar surface area (TPSA) is 29.5 Å². The Kier molecular flexibility index (Phi) is 9.56. The van der Waals surface area contributed by atoms with E-state index in [1.165, 1.54) is 32.1 Å². The van der Waals surface area contributed by atoms with Gasteiger partial charge in [-0.15, -0.1) is 0 Å². The van der Waals surface area contributed by atoms with E-state index in [4.69, 9.17) is 4.74 Å². The molecule has 1 rings (SSSR count). The number of nitrogens with zero attached hydrogens (tertiary/aromatic N) is 1. The number of rotatable bonds is 12. The smallest absolute Gasteiger partial charge is 0.137 e. The van der Waals surface area contributed by atoms with Crippen LogP contribution in [0.5, 0.6) is 5.75 Å². The molecule has 1 aromatic rings. The van der Waals surface area contributed by atoms with Gasteiger partial charge in [-0.3, -0.25) is 4.90 Å². The number of unbranched alkanes of at least 4 members (excludes halogenated alkanes) is 5. The monoisotopic (exact) mass is 305 g/mol. The van der Waals surface area contributed by atoms with E-state index in [2.05, 4.69) is 19.1 Å². The lowest BCUT2D eigenvalue weighted by atomic mass is 10.1. The number of likely N-dealkylation sites (N-methyl/N-ethyl adjacent to an activating group) is 1. The molecule has 3 nitrogen and oxygen atoms in total. The molecule has 0 aliphatic heterocycles. The number of hydrogen-bond acceptors (Lipinski definition) is 3. The van der Waals surface area contributed by atoms with Crippen molar-refractivity contribution in [3.05, 3.63) is 29.8 Å². The van der Waals surface area contributed by atoms with Crippen molar-refractivity contribution in [2.45, 2.75) is 57.9 Å². The fraction of sp³-hybridized carbons (Fsp3) is 0.632. The zero-order valence-electron chi connectivity index (χ0n) is 14.4. The van der Waals surface area contributed by atoms with Crippen LogP contribution in [0.25, 0.3) is 0 Å². The highest BCUT2D eigenvalue weighted by Crippen LogP contribution is 2.15. The summed E-state index contributed by atoms with van der Waals surface area (Å²) in [6.07, 6.45) is 9.42. The lowest BCUT2D eigenvalue weighted by Crippen LogP contribution is -2.31. The molecule has 0 amide bonds. The van der Waals surface area contributed by atoms with Gasteiger partial charge in [-0.1, -0.05) is 51.2 Å². The summed E-state index contributed by atoms with van der Waals surface area (Å²) in [4.78, 5) is 13.0. The zero-order chi connectivity index (χ0) is 16.2. The van der Waals surface area contributed by atoms with Gasteiger partial charge in [0.15, 0.2) is 0 Å². The fourth-order valence-electron chi connectivity index (χ4n) is 2.39. The normalized spacial score (nSPS) is 12.4. The summed E-state index contributed by atoms with van der Waals surface area (Å²) in [6, 6.07) is 8.05. The Balaban J connectivity index is 2.25. The first kappa shape index (κ1) is 18.7. The molecule has 22 heavy (non-hydrogen) atoms. The molecule has 0 fully saturated rings. The average molecular weight is 305 g/mol. The first-order chi connectivity index (χ1) is 10.7. The lowest BCUT2D eigenvalue weighted by Gasteiger charge is -2.18. The van der Waals surface area contributed by atoms with Gasteiger partial charge in [0.25, 0.3) is 0 Å². The molecular weight excluding hydrogens is 274 g/mol. The second-order valence-electron chi connectivity index (χ2n) is 6.13. The highest BCUT2D eigenvalue weighted by atomic mass is 16.5. The van der Waals surface area contributed by atoms with Crippen molar-refractivity contribution in [3.63, 3.8) is 0 Å². The van der Waals surface area contributed by atoms with Gasteiger partial charge in [-0.2, -0.15) is 0 Å². The van der Waals surface area contributed by atoms with Crippen molar-refractivity contribution < 1.29 is 9.53 Å².